The highest BCUT2D eigenvalue weighted by Gasteiger charge is 2.58. The van der Waals surface area contributed by atoms with E-state index in [1.807, 2.05) is 0 Å². The predicted molar refractivity (Wildman–Crippen MR) is 270 cm³/mol. The predicted octanol–water partition coefficient (Wildman–Crippen LogP) is -17.1. The third-order valence-electron chi connectivity index (χ3n) is 16.3. The van der Waals surface area contributed by atoms with Gasteiger partial charge < -0.3 is 199 Å². The summed E-state index contributed by atoms with van der Waals surface area (Å²) in [5, 5.41) is 266. The molecule has 0 aromatic heterocycles. The third kappa shape index (κ3) is 16.5. The summed E-state index contributed by atoms with van der Waals surface area (Å²) in [5.74, 6) is 0. The molecule has 40 nitrogen and oxygen atoms in total. The molecule has 7 fully saturated rings. The standard InChI is InChI=1S/C49H86O40/c1-12(21(59)30(68)43(75-3-2-50)84-38-16(6-53)80-46(33(71)26(38)64)85-37-15(5-52)76-11-13(58)22(37)60)77-44-32(70)25(63)39(17(7-54)79-44)87-47-35(73)28(66)41(19(9-56)82-47)89-49-36(74)29(67)42(20(10-57)83-49)88-48-34(72)27(65)40(18(8-55)81-48)86-45-31(69)24(62)23(61)14(4-51)78-45/h12-74H,2-11H2,1H3. The fourth-order valence-corrected chi connectivity index (χ4v) is 11.1. The lowest BCUT2D eigenvalue weighted by atomic mass is 9.95. The number of rotatable bonds is 27. The first-order valence-electron chi connectivity index (χ1n) is 28.4. The summed E-state index contributed by atoms with van der Waals surface area (Å²) in [6.07, 6.45) is -72.5. The van der Waals surface area contributed by atoms with Crippen molar-refractivity contribution < 1.29 is 199 Å². The lowest BCUT2D eigenvalue weighted by Gasteiger charge is -2.49. The molecule has 522 valence electrons. The Hall–Kier alpha value is -1.60. The van der Waals surface area contributed by atoms with Crippen molar-refractivity contribution in [2.24, 2.45) is 0 Å². The summed E-state index contributed by atoms with van der Waals surface area (Å²) in [7, 11) is 0. The van der Waals surface area contributed by atoms with Crippen LogP contribution in [0.5, 0.6) is 0 Å². The maximum absolute atomic E-state index is 11.4. The molecule has 0 aromatic carbocycles. The minimum atomic E-state index is -2.25. The van der Waals surface area contributed by atoms with Crippen LogP contribution in [0.4, 0.5) is 0 Å². The van der Waals surface area contributed by atoms with Gasteiger partial charge in [0.25, 0.3) is 0 Å². The Morgan fingerprint density at radius 3 is 0.989 bits per heavy atom. The van der Waals surface area contributed by atoms with Crippen LogP contribution in [0, 0.1) is 0 Å². The highest BCUT2D eigenvalue weighted by Crippen LogP contribution is 2.37. The van der Waals surface area contributed by atoms with Gasteiger partial charge >= 0.3 is 0 Å². The molecule has 25 N–H and O–H groups in total. The normalized spacial score (nSPS) is 49.0. The molecule has 40 heteroatoms. The van der Waals surface area contributed by atoms with E-state index in [0.29, 0.717) is 0 Å². The van der Waals surface area contributed by atoms with Gasteiger partial charge in [0.2, 0.25) is 0 Å². The lowest BCUT2D eigenvalue weighted by molar-refractivity contribution is -0.394. The molecular weight excluding hydrogens is 1230 g/mol. The topological polar surface area (TPSA) is 644 Å². The van der Waals surface area contributed by atoms with E-state index in [1.165, 1.54) is 0 Å². The summed E-state index contributed by atoms with van der Waals surface area (Å²) in [5.41, 5.74) is 0. The van der Waals surface area contributed by atoms with Gasteiger partial charge in [-0.25, -0.2) is 0 Å². The van der Waals surface area contributed by atoms with Gasteiger partial charge in [-0.05, 0) is 6.92 Å². The Morgan fingerprint density at radius 2 is 0.629 bits per heavy atom. The Labute approximate surface area is 504 Å². The number of aliphatic hydroxyl groups excluding tert-OH is 25. The second-order valence-corrected chi connectivity index (χ2v) is 22.2. The summed E-state index contributed by atoms with van der Waals surface area (Å²) in [6.45, 7) is -7.31. The highest BCUT2D eigenvalue weighted by atomic mass is 16.8. The molecular formula is C49H86O40. The van der Waals surface area contributed by atoms with E-state index >= 15 is 0 Å². The minimum Gasteiger partial charge on any atom is -0.394 e. The molecule has 7 rings (SSSR count). The molecule has 38 unspecified atom stereocenters. The van der Waals surface area contributed by atoms with Crippen LogP contribution in [0.1, 0.15) is 6.92 Å². The number of hydrogen-bond acceptors (Lipinski definition) is 40. The zero-order valence-electron chi connectivity index (χ0n) is 47.3. The second kappa shape index (κ2) is 33.4. The zero-order valence-corrected chi connectivity index (χ0v) is 47.3. The van der Waals surface area contributed by atoms with Gasteiger partial charge in [-0.2, -0.15) is 0 Å². The average molecular weight is 1320 g/mol. The zero-order chi connectivity index (χ0) is 65.6. The van der Waals surface area contributed by atoms with Crippen molar-refractivity contribution in [3.63, 3.8) is 0 Å². The van der Waals surface area contributed by atoms with Gasteiger partial charge in [0.05, 0.1) is 72.2 Å². The second-order valence-electron chi connectivity index (χ2n) is 22.2. The van der Waals surface area contributed by atoms with Crippen molar-refractivity contribution in [3.8, 4) is 0 Å². The molecule has 0 saturated carbocycles. The largest absolute Gasteiger partial charge is 0.394 e. The van der Waals surface area contributed by atoms with Crippen LogP contribution in [-0.2, 0) is 71.1 Å². The Bertz CT molecular complexity index is 2050. The first kappa shape index (κ1) is 74.8. The summed E-state index contributed by atoms with van der Waals surface area (Å²) in [4.78, 5) is 0. The van der Waals surface area contributed by atoms with Crippen LogP contribution >= 0.6 is 0 Å². The first-order chi connectivity index (χ1) is 42.2. The fraction of sp³-hybridized carbons (Fsp3) is 1.00. The molecule has 89 heavy (non-hydrogen) atoms. The molecule has 0 radical (unpaired) electrons. The van der Waals surface area contributed by atoms with Crippen LogP contribution in [0.2, 0.25) is 0 Å². The molecule has 7 aliphatic rings. The maximum Gasteiger partial charge on any atom is 0.187 e. The molecule has 7 aliphatic heterocycles. The van der Waals surface area contributed by atoms with E-state index in [2.05, 4.69) is 0 Å². The number of hydrogen-bond donors (Lipinski definition) is 25. The summed E-state index contributed by atoms with van der Waals surface area (Å²) < 4.78 is 83.6. The van der Waals surface area contributed by atoms with E-state index < -0.39 is 293 Å². The van der Waals surface area contributed by atoms with Crippen LogP contribution in [0.25, 0.3) is 0 Å². The molecule has 0 amide bonds. The Morgan fingerprint density at radius 1 is 0.326 bits per heavy atom. The minimum absolute atomic E-state index is 0.382. The van der Waals surface area contributed by atoms with E-state index in [-0.39, 0.29) is 6.61 Å². The van der Waals surface area contributed by atoms with Crippen molar-refractivity contribution in [1.29, 1.82) is 0 Å². The fourth-order valence-electron chi connectivity index (χ4n) is 11.1. The van der Waals surface area contributed by atoms with Crippen LogP contribution in [0.15, 0.2) is 0 Å². The maximum atomic E-state index is 11.4. The van der Waals surface area contributed by atoms with Crippen molar-refractivity contribution in [2.45, 2.75) is 240 Å². The van der Waals surface area contributed by atoms with Crippen molar-refractivity contribution in [1.82, 2.24) is 0 Å². The SMILES string of the molecule is CC(OC1OC(CO)C(OC2OC(CO)C(OC3OC(CO)C(OC4OC(CO)C(OC5OC(CO)C(O)C(O)C5O)C(O)C4O)C(O)C3O)C(O)C2O)C(O)C1O)C(O)C(O)C(OCCO)OC1C(CO)OC(OC2C(CO)OCC(O)C2O)C(O)C1O. The van der Waals surface area contributed by atoms with Crippen LogP contribution in [-0.4, -0.2) is 427 Å². The lowest BCUT2D eigenvalue weighted by Crippen LogP contribution is -2.68. The Kier molecular flexibility index (Phi) is 28.0. The molecule has 0 spiro atoms. The van der Waals surface area contributed by atoms with Crippen molar-refractivity contribution in [2.75, 3.05) is 66.1 Å². The van der Waals surface area contributed by atoms with E-state index in [9.17, 15) is 128 Å². The van der Waals surface area contributed by atoms with Gasteiger partial charge in [0.1, 0.15) is 183 Å². The van der Waals surface area contributed by atoms with Gasteiger partial charge in [0.15, 0.2) is 44.0 Å². The quantitative estimate of drug-likeness (QED) is 0.0340. The van der Waals surface area contributed by atoms with Gasteiger partial charge in [-0.1, -0.05) is 0 Å². The van der Waals surface area contributed by atoms with Crippen LogP contribution in [0.3, 0.4) is 0 Å². The number of ether oxygens (including phenoxy) is 15. The third-order valence-corrected chi connectivity index (χ3v) is 16.3. The van der Waals surface area contributed by atoms with E-state index in [4.69, 9.17) is 71.1 Å². The van der Waals surface area contributed by atoms with E-state index in [0.717, 1.165) is 6.92 Å². The molecule has 38 atom stereocenters. The van der Waals surface area contributed by atoms with Crippen molar-refractivity contribution in [3.05, 3.63) is 0 Å². The highest BCUT2D eigenvalue weighted by molar-refractivity contribution is 5.00. The first-order valence-corrected chi connectivity index (χ1v) is 28.4. The average Bonchev–Trinajstić information content (AvgIpc) is 1.03. The van der Waals surface area contributed by atoms with Gasteiger partial charge in [0, 0.05) is 0 Å². The van der Waals surface area contributed by atoms with Gasteiger partial charge in [-0.15, -0.1) is 0 Å². The summed E-state index contributed by atoms with van der Waals surface area (Å²) in [6, 6.07) is 0. The number of aliphatic hydroxyl groups is 25. The van der Waals surface area contributed by atoms with Crippen LogP contribution < -0.4 is 0 Å². The molecule has 7 saturated heterocycles. The molecule has 0 bridgehead atoms. The Balaban J connectivity index is 0.933. The van der Waals surface area contributed by atoms with Crippen molar-refractivity contribution >= 4 is 0 Å². The monoisotopic (exact) mass is 1310 g/mol. The molecule has 7 heterocycles. The summed E-state index contributed by atoms with van der Waals surface area (Å²) >= 11 is 0. The van der Waals surface area contributed by atoms with Gasteiger partial charge in [-0.3, -0.25) is 0 Å². The van der Waals surface area contributed by atoms with E-state index in [1.54, 1.807) is 0 Å². The molecule has 0 aliphatic carbocycles. The molecule has 0 aromatic rings. The smallest absolute Gasteiger partial charge is 0.187 e.